The summed E-state index contributed by atoms with van der Waals surface area (Å²) in [4.78, 5) is 0. The van der Waals surface area contributed by atoms with Crippen molar-refractivity contribution in [2.75, 3.05) is 0 Å². The van der Waals surface area contributed by atoms with Gasteiger partial charge in [0.25, 0.3) is 0 Å². The standard InChI is InChI=1S/C16H17Br2N/c1-11-7-8-13(16(18)9-11)10-19-12(2)14-5-3-4-6-15(14)17/h3-9,12,19H,10H2,1-2H3/t12-/m0/s1. The predicted molar refractivity (Wildman–Crippen MR) is 88.3 cm³/mol. The van der Waals surface area contributed by atoms with E-state index in [-0.39, 0.29) is 0 Å². The Morgan fingerprint density at radius 3 is 2.47 bits per heavy atom. The number of nitrogens with one attached hydrogen (secondary N) is 1. The third-order valence-electron chi connectivity index (χ3n) is 3.18. The quantitative estimate of drug-likeness (QED) is 0.749. The van der Waals surface area contributed by atoms with Crippen LogP contribution in [-0.4, -0.2) is 0 Å². The van der Waals surface area contributed by atoms with Gasteiger partial charge in [0.05, 0.1) is 0 Å². The number of aryl methyl sites for hydroxylation is 1. The molecule has 1 N–H and O–H groups in total. The fourth-order valence-electron chi connectivity index (χ4n) is 1.99. The van der Waals surface area contributed by atoms with Gasteiger partial charge in [-0.1, -0.05) is 62.2 Å². The Morgan fingerprint density at radius 1 is 1.05 bits per heavy atom. The van der Waals surface area contributed by atoms with Crippen LogP contribution < -0.4 is 5.32 Å². The molecule has 0 saturated carbocycles. The zero-order valence-electron chi connectivity index (χ0n) is 11.1. The number of hydrogen-bond acceptors (Lipinski definition) is 1. The van der Waals surface area contributed by atoms with Crippen LogP contribution in [0.5, 0.6) is 0 Å². The van der Waals surface area contributed by atoms with Gasteiger partial charge in [-0.05, 0) is 42.7 Å². The van der Waals surface area contributed by atoms with Crippen molar-refractivity contribution in [1.29, 1.82) is 0 Å². The molecule has 0 fully saturated rings. The molecule has 0 aliphatic heterocycles. The van der Waals surface area contributed by atoms with Crippen LogP contribution in [0.25, 0.3) is 0 Å². The van der Waals surface area contributed by atoms with E-state index in [1.54, 1.807) is 0 Å². The van der Waals surface area contributed by atoms with Gasteiger partial charge in [-0.25, -0.2) is 0 Å². The summed E-state index contributed by atoms with van der Waals surface area (Å²) in [6.45, 7) is 5.14. The van der Waals surface area contributed by atoms with Gasteiger partial charge in [0, 0.05) is 21.5 Å². The van der Waals surface area contributed by atoms with Crippen LogP contribution in [0.1, 0.15) is 29.7 Å². The van der Waals surface area contributed by atoms with Crippen molar-refractivity contribution >= 4 is 31.9 Å². The van der Waals surface area contributed by atoms with Gasteiger partial charge >= 0.3 is 0 Å². The fraction of sp³-hybridized carbons (Fsp3) is 0.250. The highest BCUT2D eigenvalue weighted by atomic mass is 79.9. The first kappa shape index (κ1) is 14.8. The zero-order valence-corrected chi connectivity index (χ0v) is 14.3. The first-order valence-corrected chi connectivity index (χ1v) is 7.89. The van der Waals surface area contributed by atoms with Crippen LogP contribution in [-0.2, 0) is 6.54 Å². The summed E-state index contributed by atoms with van der Waals surface area (Å²) < 4.78 is 2.32. The molecule has 0 heterocycles. The highest BCUT2D eigenvalue weighted by molar-refractivity contribution is 9.10. The molecule has 100 valence electrons. The maximum absolute atomic E-state index is 3.62. The predicted octanol–water partition coefficient (Wildman–Crippen LogP) is 5.37. The number of hydrogen-bond donors (Lipinski definition) is 1. The Hall–Kier alpha value is -0.640. The summed E-state index contributed by atoms with van der Waals surface area (Å²) in [5.74, 6) is 0. The van der Waals surface area contributed by atoms with Gasteiger partial charge in [-0.3, -0.25) is 0 Å². The second-order valence-corrected chi connectivity index (χ2v) is 6.43. The first-order valence-electron chi connectivity index (χ1n) is 6.31. The topological polar surface area (TPSA) is 12.0 Å². The second-order valence-electron chi connectivity index (χ2n) is 4.72. The van der Waals surface area contributed by atoms with Gasteiger partial charge in [-0.2, -0.15) is 0 Å². The summed E-state index contributed by atoms with van der Waals surface area (Å²) in [6.07, 6.45) is 0. The molecule has 0 unspecified atom stereocenters. The van der Waals surface area contributed by atoms with E-state index >= 15 is 0 Å². The highest BCUT2D eigenvalue weighted by Crippen LogP contribution is 2.24. The van der Waals surface area contributed by atoms with E-state index in [1.165, 1.54) is 21.2 Å². The summed E-state index contributed by atoms with van der Waals surface area (Å²) in [5.41, 5.74) is 3.84. The molecule has 0 aliphatic rings. The van der Waals surface area contributed by atoms with E-state index in [0.29, 0.717) is 6.04 Å². The van der Waals surface area contributed by atoms with Crippen LogP contribution in [0, 0.1) is 6.92 Å². The minimum Gasteiger partial charge on any atom is -0.306 e. The van der Waals surface area contributed by atoms with Crippen LogP contribution in [0.2, 0.25) is 0 Å². The molecule has 0 aliphatic carbocycles. The second kappa shape index (κ2) is 6.69. The molecular weight excluding hydrogens is 366 g/mol. The van der Waals surface area contributed by atoms with E-state index in [4.69, 9.17) is 0 Å². The number of rotatable bonds is 4. The Labute approximate surface area is 131 Å². The molecule has 0 aromatic heterocycles. The minimum atomic E-state index is 0.309. The maximum atomic E-state index is 3.62. The van der Waals surface area contributed by atoms with Crippen molar-refractivity contribution in [3.05, 3.63) is 68.1 Å². The Bertz CT molecular complexity index is 566. The molecule has 19 heavy (non-hydrogen) atoms. The van der Waals surface area contributed by atoms with Crippen molar-refractivity contribution in [2.24, 2.45) is 0 Å². The molecule has 0 radical (unpaired) electrons. The molecule has 1 nitrogen and oxygen atoms in total. The molecule has 3 heteroatoms. The average Bonchev–Trinajstić information content (AvgIpc) is 2.38. The zero-order chi connectivity index (χ0) is 13.8. The smallest absolute Gasteiger partial charge is 0.0306 e. The number of halogens is 2. The fourth-order valence-corrected chi connectivity index (χ4v) is 3.26. The van der Waals surface area contributed by atoms with Gasteiger partial charge in [0.2, 0.25) is 0 Å². The Kier molecular flexibility index (Phi) is 5.20. The summed E-state index contributed by atoms with van der Waals surface area (Å²) in [5, 5.41) is 3.56. The molecule has 0 bridgehead atoms. The molecule has 2 aromatic carbocycles. The first-order chi connectivity index (χ1) is 9.08. The Balaban J connectivity index is 2.04. The lowest BCUT2D eigenvalue weighted by Crippen LogP contribution is -2.18. The van der Waals surface area contributed by atoms with Crippen molar-refractivity contribution in [1.82, 2.24) is 5.32 Å². The summed E-state index contributed by atoms with van der Waals surface area (Å²) >= 11 is 7.22. The molecule has 2 rings (SSSR count). The van der Waals surface area contributed by atoms with E-state index in [1.807, 2.05) is 6.07 Å². The van der Waals surface area contributed by atoms with Gasteiger partial charge in [-0.15, -0.1) is 0 Å². The lowest BCUT2D eigenvalue weighted by Gasteiger charge is -2.16. The van der Waals surface area contributed by atoms with E-state index < -0.39 is 0 Å². The van der Waals surface area contributed by atoms with E-state index in [2.05, 4.69) is 87.4 Å². The number of benzene rings is 2. The normalized spacial score (nSPS) is 12.4. The average molecular weight is 383 g/mol. The highest BCUT2D eigenvalue weighted by Gasteiger charge is 2.09. The van der Waals surface area contributed by atoms with Gasteiger partial charge in [0.1, 0.15) is 0 Å². The van der Waals surface area contributed by atoms with E-state index in [0.717, 1.165) is 11.0 Å². The van der Waals surface area contributed by atoms with Crippen molar-refractivity contribution in [3.8, 4) is 0 Å². The molecule has 0 spiro atoms. The monoisotopic (exact) mass is 381 g/mol. The van der Waals surface area contributed by atoms with Gasteiger partial charge in [0.15, 0.2) is 0 Å². The lowest BCUT2D eigenvalue weighted by molar-refractivity contribution is 0.572. The van der Waals surface area contributed by atoms with Crippen molar-refractivity contribution in [2.45, 2.75) is 26.4 Å². The SMILES string of the molecule is Cc1ccc(CN[C@@H](C)c2ccccc2Br)c(Br)c1. The summed E-state index contributed by atoms with van der Waals surface area (Å²) in [7, 11) is 0. The molecule has 0 amide bonds. The molecule has 1 atom stereocenters. The molecule has 2 aromatic rings. The minimum absolute atomic E-state index is 0.309. The van der Waals surface area contributed by atoms with Crippen LogP contribution in [0.15, 0.2) is 51.4 Å². The van der Waals surface area contributed by atoms with Crippen LogP contribution in [0.3, 0.4) is 0 Å². The third kappa shape index (κ3) is 3.91. The summed E-state index contributed by atoms with van der Waals surface area (Å²) in [6, 6.07) is 15.1. The van der Waals surface area contributed by atoms with E-state index in [9.17, 15) is 0 Å². The molecular formula is C16H17Br2N. The largest absolute Gasteiger partial charge is 0.306 e. The maximum Gasteiger partial charge on any atom is 0.0306 e. The van der Waals surface area contributed by atoms with Crippen LogP contribution in [0.4, 0.5) is 0 Å². The van der Waals surface area contributed by atoms with Crippen molar-refractivity contribution < 1.29 is 0 Å². The van der Waals surface area contributed by atoms with Crippen LogP contribution >= 0.6 is 31.9 Å². The lowest BCUT2D eigenvalue weighted by atomic mass is 10.1. The third-order valence-corrected chi connectivity index (χ3v) is 4.64. The van der Waals surface area contributed by atoms with Gasteiger partial charge < -0.3 is 5.32 Å². The van der Waals surface area contributed by atoms with Crippen molar-refractivity contribution in [3.63, 3.8) is 0 Å². The molecule has 0 saturated heterocycles. The Morgan fingerprint density at radius 2 is 1.79 bits per heavy atom.